The van der Waals surface area contributed by atoms with E-state index in [0.717, 1.165) is 12.1 Å². The molecule has 0 aliphatic rings. The van der Waals surface area contributed by atoms with Crippen molar-refractivity contribution in [3.8, 4) is 0 Å². The zero-order valence-corrected chi connectivity index (χ0v) is 7.16. The molecule has 1 aromatic rings. The molecular formula is C9H12N2O. The monoisotopic (exact) mass is 164 g/mol. The molecule has 0 spiro atoms. The summed E-state index contributed by atoms with van der Waals surface area (Å²) in [4.78, 5) is 11.1. The predicted octanol–water partition coefficient (Wildman–Crippen LogP) is 1.13. The van der Waals surface area contributed by atoms with Crippen molar-refractivity contribution < 1.29 is 0 Å². The van der Waals surface area contributed by atoms with Crippen molar-refractivity contribution in [3.63, 3.8) is 0 Å². The van der Waals surface area contributed by atoms with Crippen LogP contribution in [0.4, 0.5) is 0 Å². The van der Waals surface area contributed by atoms with Gasteiger partial charge in [-0.3, -0.25) is 4.79 Å². The molecule has 0 amide bonds. The molecule has 0 radical (unpaired) electrons. The van der Waals surface area contributed by atoms with Crippen LogP contribution in [0.1, 0.15) is 12.1 Å². The van der Waals surface area contributed by atoms with E-state index in [4.69, 9.17) is 0 Å². The van der Waals surface area contributed by atoms with Crippen LogP contribution in [0, 0.1) is 6.92 Å². The maximum atomic E-state index is 11.1. The van der Waals surface area contributed by atoms with Crippen molar-refractivity contribution >= 4 is 0 Å². The van der Waals surface area contributed by atoms with Crippen molar-refractivity contribution in [2.75, 3.05) is 0 Å². The van der Waals surface area contributed by atoms with E-state index in [0.29, 0.717) is 6.54 Å². The summed E-state index contributed by atoms with van der Waals surface area (Å²) in [5.74, 6) is 0. The lowest BCUT2D eigenvalue weighted by atomic mass is 10.4. The first-order chi connectivity index (χ1) is 5.74. The summed E-state index contributed by atoms with van der Waals surface area (Å²) in [6, 6.07) is 3.25. The number of rotatable bonds is 3. The lowest BCUT2D eigenvalue weighted by Gasteiger charge is -2.01. The van der Waals surface area contributed by atoms with Crippen LogP contribution in [0.5, 0.6) is 0 Å². The largest absolute Gasteiger partial charge is 0.268 e. The van der Waals surface area contributed by atoms with E-state index in [-0.39, 0.29) is 5.56 Å². The van der Waals surface area contributed by atoms with E-state index in [1.165, 1.54) is 10.7 Å². The Labute approximate surface area is 71.3 Å². The molecule has 0 fully saturated rings. The fourth-order valence-electron chi connectivity index (χ4n) is 0.925. The molecule has 0 aliphatic carbocycles. The molecule has 0 aliphatic heterocycles. The molecule has 0 aromatic carbocycles. The molecule has 3 nitrogen and oxygen atoms in total. The SMILES string of the molecule is C=CCCn1nc(C)ccc1=O. The van der Waals surface area contributed by atoms with Gasteiger partial charge in [0.05, 0.1) is 5.69 Å². The molecule has 0 atom stereocenters. The first-order valence-electron chi connectivity index (χ1n) is 3.89. The van der Waals surface area contributed by atoms with Crippen molar-refractivity contribution in [2.24, 2.45) is 0 Å². The molecule has 1 aromatic heterocycles. The quantitative estimate of drug-likeness (QED) is 0.627. The Balaban J connectivity index is 2.89. The molecule has 1 rings (SSSR count). The number of aryl methyl sites for hydroxylation is 2. The standard InChI is InChI=1S/C9H12N2O/c1-3-4-7-11-9(12)6-5-8(2)10-11/h3,5-6H,1,4,7H2,2H3. The predicted molar refractivity (Wildman–Crippen MR) is 48.0 cm³/mol. The molecule has 3 heteroatoms. The van der Waals surface area contributed by atoms with Gasteiger partial charge in [0.1, 0.15) is 0 Å². The Bertz CT molecular complexity index is 328. The van der Waals surface area contributed by atoms with Gasteiger partial charge in [-0.15, -0.1) is 6.58 Å². The second-order valence-electron chi connectivity index (χ2n) is 2.61. The Morgan fingerprint density at radius 1 is 1.67 bits per heavy atom. The molecule has 12 heavy (non-hydrogen) atoms. The summed E-state index contributed by atoms with van der Waals surface area (Å²) in [7, 11) is 0. The van der Waals surface area contributed by atoms with E-state index in [2.05, 4.69) is 11.7 Å². The highest BCUT2D eigenvalue weighted by Gasteiger charge is 1.94. The number of hydrogen-bond acceptors (Lipinski definition) is 2. The maximum Gasteiger partial charge on any atom is 0.266 e. The number of allylic oxidation sites excluding steroid dienone is 1. The van der Waals surface area contributed by atoms with Crippen LogP contribution in [-0.4, -0.2) is 9.78 Å². The van der Waals surface area contributed by atoms with E-state index in [9.17, 15) is 4.79 Å². The number of hydrogen-bond donors (Lipinski definition) is 0. The van der Waals surface area contributed by atoms with Crippen LogP contribution in [0.2, 0.25) is 0 Å². The van der Waals surface area contributed by atoms with Crippen molar-refractivity contribution in [1.29, 1.82) is 0 Å². The summed E-state index contributed by atoms with van der Waals surface area (Å²) >= 11 is 0. The second kappa shape index (κ2) is 3.85. The maximum absolute atomic E-state index is 11.1. The van der Waals surface area contributed by atoms with Crippen LogP contribution >= 0.6 is 0 Å². The third kappa shape index (κ3) is 2.05. The van der Waals surface area contributed by atoms with Crippen molar-refractivity contribution in [1.82, 2.24) is 9.78 Å². The van der Waals surface area contributed by atoms with E-state index >= 15 is 0 Å². The van der Waals surface area contributed by atoms with E-state index in [1.54, 1.807) is 12.1 Å². The van der Waals surface area contributed by atoms with Gasteiger partial charge in [0.15, 0.2) is 0 Å². The van der Waals surface area contributed by atoms with Crippen LogP contribution in [0.3, 0.4) is 0 Å². The molecule has 0 bridgehead atoms. The van der Waals surface area contributed by atoms with Gasteiger partial charge in [-0.05, 0) is 19.4 Å². The number of nitrogens with zero attached hydrogens (tertiary/aromatic N) is 2. The normalized spacial score (nSPS) is 9.75. The minimum atomic E-state index is -0.0533. The minimum Gasteiger partial charge on any atom is -0.268 e. The zero-order chi connectivity index (χ0) is 8.97. The molecule has 1 heterocycles. The average Bonchev–Trinajstić information content (AvgIpc) is 2.07. The van der Waals surface area contributed by atoms with Crippen LogP contribution in [0.15, 0.2) is 29.6 Å². The first-order valence-corrected chi connectivity index (χ1v) is 3.89. The smallest absolute Gasteiger partial charge is 0.266 e. The summed E-state index contributed by atoms with van der Waals surface area (Å²) in [6.07, 6.45) is 2.55. The summed E-state index contributed by atoms with van der Waals surface area (Å²) < 4.78 is 1.46. The van der Waals surface area contributed by atoms with Crippen LogP contribution < -0.4 is 5.56 Å². The van der Waals surface area contributed by atoms with Gasteiger partial charge < -0.3 is 0 Å². The lowest BCUT2D eigenvalue weighted by molar-refractivity contribution is 0.577. The Kier molecular flexibility index (Phi) is 2.80. The van der Waals surface area contributed by atoms with E-state index in [1.807, 2.05) is 6.92 Å². The third-order valence-electron chi connectivity index (χ3n) is 1.54. The van der Waals surface area contributed by atoms with Crippen LogP contribution in [0.25, 0.3) is 0 Å². The fourth-order valence-corrected chi connectivity index (χ4v) is 0.925. The average molecular weight is 164 g/mol. The Morgan fingerprint density at radius 3 is 3.08 bits per heavy atom. The third-order valence-corrected chi connectivity index (χ3v) is 1.54. The highest BCUT2D eigenvalue weighted by atomic mass is 16.1. The molecule has 0 N–H and O–H groups in total. The Morgan fingerprint density at radius 2 is 2.42 bits per heavy atom. The first kappa shape index (κ1) is 8.71. The molecular weight excluding hydrogens is 152 g/mol. The van der Waals surface area contributed by atoms with Gasteiger partial charge in [0.2, 0.25) is 0 Å². The van der Waals surface area contributed by atoms with Gasteiger partial charge in [0, 0.05) is 12.6 Å². The molecule has 64 valence electrons. The summed E-state index contributed by atoms with van der Waals surface area (Å²) in [5.41, 5.74) is 0.807. The van der Waals surface area contributed by atoms with Gasteiger partial charge >= 0.3 is 0 Å². The van der Waals surface area contributed by atoms with Gasteiger partial charge in [-0.1, -0.05) is 6.08 Å². The zero-order valence-electron chi connectivity index (χ0n) is 7.16. The minimum absolute atomic E-state index is 0.0533. The molecule has 0 unspecified atom stereocenters. The van der Waals surface area contributed by atoms with Gasteiger partial charge in [-0.2, -0.15) is 5.10 Å². The lowest BCUT2D eigenvalue weighted by Crippen LogP contribution is -2.22. The molecule has 0 saturated heterocycles. The van der Waals surface area contributed by atoms with Crippen molar-refractivity contribution in [3.05, 3.63) is 40.8 Å². The second-order valence-corrected chi connectivity index (χ2v) is 2.61. The van der Waals surface area contributed by atoms with Crippen molar-refractivity contribution in [2.45, 2.75) is 19.9 Å². The fraction of sp³-hybridized carbons (Fsp3) is 0.333. The highest BCUT2D eigenvalue weighted by Crippen LogP contribution is 1.88. The summed E-state index contributed by atoms with van der Waals surface area (Å²) in [5, 5.41) is 4.07. The topological polar surface area (TPSA) is 34.9 Å². The van der Waals surface area contributed by atoms with Gasteiger partial charge in [-0.25, -0.2) is 4.68 Å². The number of aromatic nitrogens is 2. The Hall–Kier alpha value is -1.38. The van der Waals surface area contributed by atoms with Gasteiger partial charge in [0.25, 0.3) is 5.56 Å². The summed E-state index contributed by atoms with van der Waals surface area (Å²) in [6.45, 7) is 6.06. The molecule has 0 saturated carbocycles. The van der Waals surface area contributed by atoms with Crippen LogP contribution in [-0.2, 0) is 6.54 Å². The highest BCUT2D eigenvalue weighted by molar-refractivity contribution is 4.97. The van der Waals surface area contributed by atoms with E-state index < -0.39 is 0 Å².